The molecule has 76 valence electrons. The molecule has 0 amide bonds. The van der Waals surface area contributed by atoms with Crippen LogP contribution in [0.15, 0.2) is 18.2 Å². The van der Waals surface area contributed by atoms with E-state index in [1.807, 2.05) is 13.8 Å². The molecule has 0 radical (unpaired) electrons. The van der Waals surface area contributed by atoms with E-state index in [2.05, 4.69) is 4.65 Å². The lowest BCUT2D eigenvalue weighted by Gasteiger charge is -2.11. The van der Waals surface area contributed by atoms with E-state index in [0.717, 1.165) is 0 Å². The first kappa shape index (κ1) is 10.9. The maximum atomic E-state index is 13.0. The van der Waals surface area contributed by atoms with Gasteiger partial charge in [-0.1, -0.05) is 0 Å². The molecule has 0 fully saturated rings. The molecular weight excluding hydrogens is 186 g/mol. The molecule has 0 saturated heterocycles. The lowest BCUT2D eigenvalue weighted by molar-refractivity contribution is 0.241. The molecule has 0 spiro atoms. The van der Waals surface area contributed by atoms with Crippen molar-refractivity contribution in [2.45, 2.75) is 20.0 Å². The summed E-state index contributed by atoms with van der Waals surface area (Å²) in [6.07, 6.45) is 0.0161. The van der Waals surface area contributed by atoms with Crippen molar-refractivity contribution in [2.75, 3.05) is 0 Å². The average molecular weight is 198 g/mol. The third kappa shape index (κ3) is 2.92. The van der Waals surface area contributed by atoms with Crippen LogP contribution in [0.4, 0.5) is 4.39 Å². The van der Waals surface area contributed by atoms with Gasteiger partial charge in [0.2, 0.25) is 0 Å². The SMILES string of the molecule is CC(C)Oc1ccc(F)c(OBO)c1. The Morgan fingerprint density at radius 3 is 2.71 bits per heavy atom. The molecule has 3 nitrogen and oxygen atoms in total. The van der Waals surface area contributed by atoms with Crippen LogP contribution in [0, 0.1) is 5.82 Å². The fraction of sp³-hybridized carbons (Fsp3) is 0.333. The van der Waals surface area contributed by atoms with Crippen molar-refractivity contribution in [2.24, 2.45) is 0 Å². The Bertz CT molecular complexity index is 304. The van der Waals surface area contributed by atoms with E-state index in [1.54, 1.807) is 0 Å². The lowest BCUT2D eigenvalue weighted by Crippen LogP contribution is -2.07. The van der Waals surface area contributed by atoms with Crippen LogP contribution in [0.1, 0.15) is 13.8 Å². The van der Waals surface area contributed by atoms with E-state index in [4.69, 9.17) is 9.76 Å². The third-order valence-corrected chi connectivity index (χ3v) is 1.49. The molecule has 1 N–H and O–H groups in total. The van der Waals surface area contributed by atoms with E-state index in [-0.39, 0.29) is 11.9 Å². The zero-order valence-corrected chi connectivity index (χ0v) is 8.16. The Balaban J connectivity index is 2.83. The van der Waals surface area contributed by atoms with Gasteiger partial charge >= 0.3 is 7.69 Å². The largest absolute Gasteiger partial charge is 0.537 e. The summed E-state index contributed by atoms with van der Waals surface area (Å²) in [7, 11) is -0.554. The number of halogens is 1. The Kier molecular flexibility index (Phi) is 3.77. The number of rotatable bonds is 4. The van der Waals surface area contributed by atoms with Crippen molar-refractivity contribution in [3.63, 3.8) is 0 Å². The second kappa shape index (κ2) is 4.86. The van der Waals surface area contributed by atoms with E-state index in [1.165, 1.54) is 18.2 Å². The van der Waals surface area contributed by atoms with Crippen LogP contribution in [-0.4, -0.2) is 18.8 Å². The van der Waals surface area contributed by atoms with Crippen LogP contribution in [-0.2, 0) is 0 Å². The van der Waals surface area contributed by atoms with Gasteiger partial charge < -0.3 is 14.4 Å². The zero-order valence-electron chi connectivity index (χ0n) is 8.16. The Hall–Kier alpha value is -1.23. The number of hydrogen-bond acceptors (Lipinski definition) is 3. The van der Waals surface area contributed by atoms with Crippen molar-refractivity contribution >= 4 is 7.69 Å². The highest BCUT2D eigenvalue weighted by Gasteiger charge is 2.06. The Labute approximate surface area is 82.8 Å². The standard InChI is InChI=1S/C9H12BFO3/c1-6(2)13-7-3-4-8(11)9(5-7)14-10-12/h3-6,10,12H,1-2H3. The van der Waals surface area contributed by atoms with E-state index >= 15 is 0 Å². The number of hydrogen-bond donors (Lipinski definition) is 1. The molecule has 0 aliphatic rings. The summed E-state index contributed by atoms with van der Waals surface area (Å²) in [5, 5.41) is 8.49. The maximum absolute atomic E-state index is 13.0. The molecular formula is C9H12BFO3. The average Bonchev–Trinajstić information content (AvgIpc) is 2.10. The second-order valence-electron chi connectivity index (χ2n) is 3.03. The monoisotopic (exact) mass is 198 g/mol. The van der Waals surface area contributed by atoms with Crippen molar-refractivity contribution in [1.29, 1.82) is 0 Å². The highest BCUT2D eigenvalue weighted by atomic mass is 19.1. The van der Waals surface area contributed by atoms with Crippen molar-refractivity contribution in [3.05, 3.63) is 24.0 Å². The maximum Gasteiger partial charge on any atom is 0.504 e. The first-order valence-corrected chi connectivity index (χ1v) is 4.33. The molecule has 14 heavy (non-hydrogen) atoms. The second-order valence-corrected chi connectivity index (χ2v) is 3.03. The summed E-state index contributed by atoms with van der Waals surface area (Å²) in [5.41, 5.74) is 0. The van der Waals surface area contributed by atoms with E-state index < -0.39 is 13.5 Å². The molecule has 0 aliphatic carbocycles. The molecule has 0 heterocycles. The van der Waals surface area contributed by atoms with Gasteiger partial charge in [0.1, 0.15) is 11.5 Å². The molecule has 0 bridgehead atoms. The summed E-state index contributed by atoms with van der Waals surface area (Å²) < 4.78 is 23.0. The zero-order chi connectivity index (χ0) is 10.6. The number of benzene rings is 1. The molecule has 1 aromatic carbocycles. The third-order valence-electron chi connectivity index (χ3n) is 1.49. The van der Waals surface area contributed by atoms with Gasteiger partial charge in [0.25, 0.3) is 0 Å². The molecule has 1 aromatic rings. The van der Waals surface area contributed by atoms with Crippen LogP contribution >= 0.6 is 0 Å². The summed E-state index contributed by atoms with van der Waals surface area (Å²) in [4.78, 5) is 0. The molecule has 5 heteroatoms. The summed E-state index contributed by atoms with van der Waals surface area (Å²) in [5.74, 6) is -0.00865. The first-order valence-electron chi connectivity index (χ1n) is 4.33. The number of ether oxygens (including phenoxy) is 1. The lowest BCUT2D eigenvalue weighted by atomic mass is 10.3. The van der Waals surface area contributed by atoms with Crippen LogP contribution < -0.4 is 9.39 Å². The topological polar surface area (TPSA) is 38.7 Å². The summed E-state index contributed by atoms with van der Waals surface area (Å²) in [6.45, 7) is 3.74. The highest BCUT2D eigenvalue weighted by Crippen LogP contribution is 2.23. The predicted molar refractivity (Wildman–Crippen MR) is 52.2 cm³/mol. The van der Waals surface area contributed by atoms with Crippen molar-refractivity contribution < 1.29 is 18.8 Å². The molecule has 0 atom stereocenters. The first-order chi connectivity index (χ1) is 6.63. The molecule has 0 aromatic heterocycles. The Morgan fingerprint density at radius 1 is 1.43 bits per heavy atom. The summed E-state index contributed by atoms with van der Waals surface area (Å²) in [6, 6.07) is 4.16. The van der Waals surface area contributed by atoms with Crippen LogP contribution in [0.2, 0.25) is 0 Å². The van der Waals surface area contributed by atoms with Gasteiger partial charge in [0.05, 0.1) is 6.10 Å². The van der Waals surface area contributed by atoms with Gasteiger partial charge in [0, 0.05) is 6.07 Å². The van der Waals surface area contributed by atoms with Crippen LogP contribution in [0.5, 0.6) is 11.5 Å². The summed E-state index contributed by atoms with van der Waals surface area (Å²) >= 11 is 0. The van der Waals surface area contributed by atoms with Gasteiger partial charge in [-0.25, -0.2) is 4.39 Å². The Morgan fingerprint density at radius 2 is 2.14 bits per heavy atom. The normalized spacial score (nSPS) is 10.1. The molecule has 1 rings (SSSR count). The predicted octanol–water partition coefficient (Wildman–Crippen LogP) is 1.25. The molecule has 0 aliphatic heterocycles. The molecule has 0 unspecified atom stereocenters. The van der Waals surface area contributed by atoms with E-state index in [9.17, 15) is 4.39 Å². The van der Waals surface area contributed by atoms with E-state index in [0.29, 0.717) is 5.75 Å². The smallest absolute Gasteiger partial charge is 0.504 e. The molecule has 0 saturated carbocycles. The quantitative estimate of drug-likeness (QED) is 0.740. The fourth-order valence-corrected chi connectivity index (χ4v) is 1.01. The van der Waals surface area contributed by atoms with Gasteiger partial charge in [-0.15, -0.1) is 0 Å². The minimum absolute atomic E-state index is 0.00866. The van der Waals surface area contributed by atoms with Crippen LogP contribution in [0.3, 0.4) is 0 Å². The fourth-order valence-electron chi connectivity index (χ4n) is 1.01. The van der Waals surface area contributed by atoms with Gasteiger partial charge in [-0.05, 0) is 26.0 Å². The van der Waals surface area contributed by atoms with Crippen molar-refractivity contribution in [1.82, 2.24) is 0 Å². The van der Waals surface area contributed by atoms with Gasteiger partial charge in [0.15, 0.2) is 5.82 Å². The minimum Gasteiger partial charge on any atom is -0.537 e. The van der Waals surface area contributed by atoms with Gasteiger partial charge in [-0.2, -0.15) is 0 Å². The van der Waals surface area contributed by atoms with Crippen molar-refractivity contribution in [3.8, 4) is 11.5 Å². The highest BCUT2D eigenvalue weighted by molar-refractivity contribution is 6.17. The minimum atomic E-state index is -0.554. The van der Waals surface area contributed by atoms with Gasteiger partial charge in [-0.3, -0.25) is 0 Å². The van der Waals surface area contributed by atoms with Crippen LogP contribution in [0.25, 0.3) is 0 Å².